The zero-order valence-corrected chi connectivity index (χ0v) is 16.9. The van der Waals surface area contributed by atoms with Gasteiger partial charge in [0.15, 0.2) is 11.5 Å². The van der Waals surface area contributed by atoms with Gasteiger partial charge in [-0.3, -0.25) is 0 Å². The molecule has 1 aliphatic rings. The highest BCUT2D eigenvalue weighted by Crippen LogP contribution is 2.41. The monoisotopic (exact) mass is 453 g/mol. The van der Waals surface area contributed by atoms with Crippen LogP contribution in [0.2, 0.25) is 0 Å². The van der Waals surface area contributed by atoms with E-state index in [0.29, 0.717) is 11.5 Å². The maximum Gasteiger partial charge on any atom is 0.231 e. The van der Waals surface area contributed by atoms with Crippen molar-refractivity contribution in [1.29, 1.82) is 0 Å². The van der Waals surface area contributed by atoms with Gasteiger partial charge in [0.05, 0.1) is 21.1 Å². The average molecular weight is 453 g/mol. The SMILES string of the molecule is C[N+](C)(C)Cc1ccc2c(c1C(O)/C=C/c1ccccc1)OCO2.[I-]. The number of aliphatic hydroxyl groups excluding tert-OH is 1. The number of ether oxygens (including phenoxy) is 2. The number of rotatable bonds is 5. The Bertz CT molecular complexity index is 739. The van der Waals surface area contributed by atoms with E-state index in [0.717, 1.165) is 27.7 Å². The number of aliphatic hydroxyl groups is 1. The largest absolute Gasteiger partial charge is 1.00 e. The Labute approximate surface area is 166 Å². The highest BCUT2D eigenvalue weighted by Gasteiger charge is 2.26. The summed E-state index contributed by atoms with van der Waals surface area (Å²) in [4.78, 5) is 0. The molecular weight excluding hydrogens is 429 g/mol. The van der Waals surface area contributed by atoms with E-state index >= 15 is 0 Å². The summed E-state index contributed by atoms with van der Waals surface area (Å²) >= 11 is 0. The molecule has 0 radical (unpaired) electrons. The van der Waals surface area contributed by atoms with Crippen LogP contribution in [0, 0.1) is 0 Å². The molecule has 1 unspecified atom stereocenters. The van der Waals surface area contributed by atoms with E-state index in [1.807, 2.05) is 48.5 Å². The number of hydrogen-bond donors (Lipinski definition) is 1. The summed E-state index contributed by atoms with van der Waals surface area (Å²) < 4.78 is 11.9. The molecule has 1 N–H and O–H groups in total. The van der Waals surface area contributed by atoms with Crippen molar-refractivity contribution in [2.24, 2.45) is 0 Å². The lowest BCUT2D eigenvalue weighted by molar-refractivity contribution is -0.884. The van der Waals surface area contributed by atoms with E-state index in [-0.39, 0.29) is 30.8 Å². The highest BCUT2D eigenvalue weighted by molar-refractivity contribution is 5.56. The van der Waals surface area contributed by atoms with Gasteiger partial charge in [-0.2, -0.15) is 0 Å². The molecule has 0 aromatic heterocycles. The smallest absolute Gasteiger partial charge is 0.231 e. The quantitative estimate of drug-likeness (QED) is 0.526. The van der Waals surface area contributed by atoms with Crippen LogP contribution in [0.15, 0.2) is 48.5 Å². The Morgan fingerprint density at radius 2 is 1.80 bits per heavy atom. The van der Waals surface area contributed by atoms with Crippen molar-refractivity contribution in [2.75, 3.05) is 27.9 Å². The fraction of sp³-hybridized carbons (Fsp3) is 0.300. The predicted octanol–water partition coefficient (Wildman–Crippen LogP) is 0.372. The third-order valence-electron chi connectivity index (χ3n) is 3.88. The van der Waals surface area contributed by atoms with Crippen LogP contribution in [0.1, 0.15) is 22.8 Å². The first kappa shape index (κ1) is 19.8. The van der Waals surface area contributed by atoms with E-state index < -0.39 is 6.10 Å². The molecule has 25 heavy (non-hydrogen) atoms. The first-order chi connectivity index (χ1) is 11.4. The number of fused-ring (bicyclic) bond motifs is 1. The van der Waals surface area contributed by atoms with E-state index in [4.69, 9.17) is 9.47 Å². The van der Waals surface area contributed by atoms with Crippen molar-refractivity contribution < 1.29 is 43.0 Å². The lowest BCUT2D eigenvalue weighted by Gasteiger charge is -2.26. The van der Waals surface area contributed by atoms with Crippen LogP contribution in [0.4, 0.5) is 0 Å². The molecule has 134 valence electrons. The Morgan fingerprint density at radius 1 is 1.08 bits per heavy atom. The predicted molar refractivity (Wildman–Crippen MR) is 94.7 cm³/mol. The van der Waals surface area contributed by atoms with E-state index in [1.165, 1.54) is 0 Å². The van der Waals surface area contributed by atoms with Gasteiger partial charge >= 0.3 is 0 Å². The van der Waals surface area contributed by atoms with Gasteiger partial charge in [-0.05, 0) is 17.7 Å². The minimum atomic E-state index is -0.747. The molecule has 2 aromatic carbocycles. The van der Waals surface area contributed by atoms with Crippen molar-refractivity contribution in [1.82, 2.24) is 0 Å². The molecule has 2 aromatic rings. The second kappa shape index (κ2) is 8.21. The molecule has 5 heteroatoms. The molecule has 0 amide bonds. The molecule has 3 rings (SSSR count). The number of benzene rings is 2. The van der Waals surface area contributed by atoms with Gasteiger partial charge in [-0.15, -0.1) is 0 Å². The molecule has 4 nitrogen and oxygen atoms in total. The average Bonchev–Trinajstić information content (AvgIpc) is 3.00. The highest BCUT2D eigenvalue weighted by atomic mass is 127. The molecule has 0 saturated heterocycles. The van der Waals surface area contributed by atoms with Crippen LogP contribution in [0.3, 0.4) is 0 Å². The molecule has 1 aliphatic heterocycles. The van der Waals surface area contributed by atoms with Crippen LogP contribution in [0.5, 0.6) is 11.5 Å². The van der Waals surface area contributed by atoms with Crippen molar-refractivity contribution in [3.05, 3.63) is 65.2 Å². The zero-order chi connectivity index (χ0) is 17.2. The van der Waals surface area contributed by atoms with Crippen LogP contribution in [-0.2, 0) is 6.54 Å². The first-order valence-electron chi connectivity index (χ1n) is 8.07. The fourth-order valence-electron chi connectivity index (χ4n) is 2.87. The Kier molecular flexibility index (Phi) is 6.48. The molecule has 0 bridgehead atoms. The van der Waals surface area contributed by atoms with Crippen LogP contribution in [-0.4, -0.2) is 37.5 Å². The summed E-state index contributed by atoms with van der Waals surface area (Å²) in [6.07, 6.45) is 2.98. The minimum absolute atomic E-state index is 0. The van der Waals surface area contributed by atoms with Crippen molar-refractivity contribution >= 4 is 6.08 Å². The van der Waals surface area contributed by atoms with Crippen LogP contribution < -0.4 is 33.5 Å². The summed E-state index contributed by atoms with van der Waals surface area (Å²) in [6.45, 7) is 0.994. The maximum absolute atomic E-state index is 10.8. The first-order valence-corrected chi connectivity index (χ1v) is 8.07. The van der Waals surface area contributed by atoms with Gasteiger partial charge in [0.1, 0.15) is 12.6 Å². The van der Waals surface area contributed by atoms with Gasteiger partial charge in [-0.25, -0.2) is 0 Å². The lowest BCUT2D eigenvalue weighted by atomic mass is 9.98. The number of nitrogens with zero attached hydrogens (tertiary/aromatic N) is 1. The van der Waals surface area contributed by atoms with Crippen molar-refractivity contribution in [2.45, 2.75) is 12.6 Å². The molecule has 1 atom stereocenters. The fourth-order valence-corrected chi connectivity index (χ4v) is 2.87. The number of quaternary nitrogens is 1. The molecular formula is C20H24INO3. The topological polar surface area (TPSA) is 38.7 Å². The second-order valence-electron chi connectivity index (χ2n) is 7.04. The van der Waals surface area contributed by atoms with Crippen LogP contribution in [0.25, 0.3) is 6.08 Å². The number of hydrogen-bond acceptors (Lipinski definition) is 3. The van der Waals surface area contributed by atoms with Gasteiger partial charge in [0, 0.05) is 11.1 Å². The second-order valence-corrected chi connectivity index (χ2v) is 7.04. The summed E-state index contributed by atoms with van der Waals surface area (Å²) in [7, 11) is 6.38. The summed E-state index contributed by atoms with van der Waals surface area (Å²) in [5.74, 6) is 1.36. The van der Waals surface area contributed by atoms with Crippen molar-refractivity contribution in [3.63, 3.8) is 0 Å². The Balaban J connectivity index is 0.00000225. The zero-order valence-electron chi connectivity index (χ0n) is 14.8. The minimum Gasteiger partial charge on any atom is -1.00 e. The number of halogens is 1. The Morgan fingerprint density at radius 3 is 2.48 bits per heavy atom. The molecule has 1 heterocycles. The van der Waals surface area contributed by atoms with E-state index in [2.05, 4.69) is 21.1 Å². The maximum atomic E-state index is 10.8. The lowest BCUT2D eigenvalue weighted by Crippen LogP contribution is -3.00. The normalized spacial score (nSPS) is 14.4. The van der Waals surface area contributed by atoms with Gasteiger partial charge in [0.2, 0.25) is 6.79 Å². The standard InChI is InChI=1S/C20H24NO3.HI/c1-21(2,3)13-16-10-12-18-20(24-14-23-18)19(16)17(22)11-9-15-7-5-4-6-8-15;/h4-12,17,22H,13-14H2,1-3H3;1H/q+1;/p-1/b11-9+;. The van der Waals surface area contributed by atoms with E-state index in [1.54, 1.807) is 6.08 Å². The summed E-state index contributed by atoms with van der Waals surface area (Å²) in [6, 6.07) is 13.9. The van der Waals surface area contributed by atoms with Gasteiger partial charge in [0.25, 0.3) is 0 Å². The third kappa shape index (κ3) is 4.96. The van der Waals surface area contributed by atoms with Crippen LogP contribution >= 0.6 is 0 Å². The summed E-state index contributed by atoms with van der Waals surface area (Å²) in [5.41, 5.74) is 2.91. The van der Waals surface area contributed by atoms with Gasteiger partial charge in [-0.1, -0.05) is 42.5 Å². The third-order valence-corrected chi connectivity index (χ3v) is 3.88. The van der Waals surface area contributed by atoms with Gasteiger partial charge < -0.3 is 43.0 Å². The molecule has 0 aliphatic carbocycles. The molecule has 0 spiro atoms. The Hall–Kier alpha value is -1.57. The molecule has 0 saturated carbocycles. The van der Waals surface area contributed by atoms with E-state index in [9.17, 15) is 5.11 Å². The molecule has 0 fully saturated rings. The summed E-state index contributed by atoms with van der Waals surface area (Å²) in [5, 5.41) is 10.8. The van der Waals surface area contributed by atoms with Crippen molar-refractivity contribution in [3.8, 4) is 11.5 Å².